The van der Waals surface area contributed by atoms with E-state index in [0.717, 1.165) is 12.8 Å². The lowest BCUT2D eigenvalue weighted by Gasteiger charge is -2.09. The average Bonchev–Trinajstić information content (AvgIpc) is 2.39. The van der Waals surface area contributed by atoms with Gasteiger partial charge in [-0.25, -0.2) is 4.79 Å². The predicted octanol–water partition coefficient (Wildman–Crippen LogP) is 2.19. The molecule has 1 aromatic carbocycles. The molecule has 0 aliphatic rings. The molecule has 0 fully saturated rings. The van der Waals surface area contributed by atoms with Crippen molar-refractivity contribution in [2.75, 3.05) is 30.9 Å². The molecule has 0 radical (unpaired) electrons. The summed E-state index contributed by atoms with van der Waals surface area (Å²) in [5.41, 5.74) is 1.23. The Balaban J connectivity index is 2.50. The first-order valence-electron chi connectivity index (χ1n) is 6.59. The van der Waals surface area contributed by atoms with E-state index in [9.17, 15) is 9.59 Å². The SMILES string of the molecule is CCCCNC(=O)Nc1cccc(NC(=O)COC)c1. The van der Waals surface area contributed by atoms with Crippen molar-refractivity contribution in [1.82, 2.24) is 5.32 Å². The van der Waals surface area contributed by atoms with Crippen LogP contribution in [0.1, 0.15) is 19.8 Å². The lowest BCUT2D eigenvalue weighted by Crippen LogP contribution is -2.29. The highest BCUT2D eigenvalue weighted by Crippen LogP contribution is 2.14. The van der Waals surface area contributed by atoms with Crippen LogP contribution in [0.3, 0.4) is 0 Å². The summed E-state index contributed by atoms with van der Waals surface area (Å²) in [7, 11) is 1.46. The molecule has 0 saturated heterocycles. The number of unbranched alkanes of at least 4 members (excludes halogenated alkanes) is 1. The molecule has 6 heteroatoms. The summed E-state index contributed by atoms with van der Waals surface area (Å²) in [6.07, 6.45) is 1.97. The third-order valence-electron chi connectivity index (χ3n) is 2.50. The maximum Gasteiger partial charge on any atom is 0.319 e. The molecular weight excluding hydrogens is 258 g/mol. The van der Waals surface area contributed by atoms with Crippen LogP contribution in [-0.4, -0.2) is 32.2 Å². The fraction of sp³-hybridized carbons (Fsp3) is 0.429. The quantitative estimate of drug-likeness (QED) is 0.669. The number of nitrogens with one attached hydrogen (secondary N) is 3. The molecule has 110 valence electrons. The minimum atomic E-state index is -0.251. The van der Waals surface area contributed by atoms with E-state index in [0.29, 0.717) is 17.9 Å². The number of anilines is 2. The van der Waals surface area contributed by atoms with Gasteiger partial charge in [-0.2, -0.15) is 0 Å². The van der Waals surface area contributed by atoms with Gasteiger partial charge in [0, 0.05) is 25.0 Å². The van der Waals surface area contributed by atoms with Gasteiger partial charge in [-0.1, -0.05) is 19.4 Å². The van der Waals surface area contributed by atoms with E-state index < -0.39 is 0 Å². The molecule has 0 bridgehead atoms. The maximum absolute atomic E-state index is 11.6. The highest BCUT2D eigenvalue weighted by molar-refractivity contribution is 5.94. The molecule has 0 saturated carbocycles. The number of carbonyl (C=O) groups excluding carboxylic acids is 2. The Morgan fingerprint density at radius 2 is 1.90 bits per heavy atom. The first kappa shape index (κ1) is 16.0. The second-order valence-electron chi connectivity index (χ2n) is 4.30. The van der Waals surface area contributed by atoms with Gasteiger partial charge in [-0.3, -0.25) is 4.79 Å². The van der Waals surface area contributed by atoms with Gasteiger partial charge in [0.05, 0.1) is 0 Å². The van der Waals surface area contributed by atoms with Crippen LogP contribution in [0.4, 0.5) is 16.2 Å². The largest absolute Gasteiger partial charge is 0.375 e. The lowest BCUT2D eigenvalue weighted by molar-refractivity contribution is -0.119. The number of hydrogen-bond acceptors (Lipinski definition) is 3. The van der Waals surface area contributed by atoms with E-state index in [1.807, 2.05) is 0 Å². The van der Waals surface area contributed by atoms with Gasteiger partial charge >= 0.3 is 6.03 Å². The molecule has 0 aromatic heterocycles. The minimum Gasteiger partial charge on any atom is -0.375 e. The molecule has 0 unspecified atom stereocenters. The van der Waals surface area contributed by atoms with Crippen LogP contribution >= 0.6 is 0 Å². The van der Waals surface area contributed by atoms with Crippen molar-refractivity contribution in [3.05, 3.63) is 24.3 Å². The summed E-state index contributed by atoms with van der Waals surface area (Å²) < 4.78 is 4.73. The second kappa shape index (κ2) is 8.92. The van der Waals surface area contributed by atoms with Crippen LogP contribution in [0, 0.1) is 0 Å². The van der Waals surface area contributed by atoms with E-state index in [2.05, 4.69) is 22.9 Å². The predicted molar refractivity (Wildman–Crippen MR) is 78.9 cm³/mol. The van der Waals surface area contributed by atoms with Crippen LogP contribution in [0.5, 0.6) is 0 Å². The molecule has 1 aromatic rings. The molecule has 6 nitrogen and oxygen atoms in total. The van der Waals surface area contributed by atoms with E-state index in [1.165, 1.54) is 7.11 Å². The molecule has 3 N–H and O–H groups in total. The van der Waals surface area contributed by atoms with Gasteiger partial charge in [-0.05, 0) is 24.6 Å². The number of hydrogen-bond donors (Lipinski definition) is 3. The summed E-state index contributed by atoms with van der Waals surface area (Å²) in [6.45, 7) is 2.70. The van der Waals surface area contributed by atoms with Crippen molar-refractivity contribution in [3.63, 3.8) is 0 Å². The molecule has 0 aliphatic heterocycles. The summed E-state index contributed by atoms with van der Waals surface area (Å²) >= 11 is 0. The number of amides is 3. The molecule has 20 heavy (non-hydrogen) atoms. The molecule has 3 amide bonds. The van der Waals surface area contributed by atoms with Gasteiger partial charge in [0.25, 0.3) is 0 Å². The molecule has 0 spiro atoms. The Morgan fingerprint density at radius 1 is 1.20 bits per heavy atom. The number of ether oxygens (including phenoxy) is 1. The Bertz CT molecular complexity index is 449. The van der Waals surface area contributed by atoms with Gasteiger partial charge in [0.2, 0.25) is 5.91 Å². The van der Waals surface area contributed by atoms with Crippen LogP contribution in [0.15, 0.2) is 24.3 Å². The fourth-order valence-electron chi connectivity index (χ4n) is 1.56. The summed E-state index contributed by atoms with van der Waals surface area (Å²) in [5.74, 6) is -0.239. The topological polar surface area (TPSA) is 79.5 Å². The van der Waals surface area contributed by atoms with E-state index in [4.69, 9.17) is 4.74 Å². The van der Waals surface area contributed by atoms with E-state index in [1.54, 1.807) is 24.3 Å². The average molecular weight is 279 g/mol. The second-order valence-corrected chi connectivity index (χ2v) is 4.30. The number of rotatable bonds is 7. The third-order valence-corrected chi connectivity index (χ3v) is 2.50. The van der Waals surface area contributed by atoms with Crippen LogP contribution in [0.2, 0.25) is 0 Å². The third kappa shape index (κ3) is 6.19. The zero-order valence-corrected chi connectivity index (χ0v) is 11.9. The monoisotopic (exact) mass is 279 g/mol. The summed E-state index contributed by atoms with van der Waals surface area (Å²) in [6, 6.07) is 6.69. The highest BCUT2D eigenvalue weighted by Gasteiger charge is 2.04. The van der Waals surface area contributed by atoms with E-state index >= 15 is 0 Å². The normalized spacial score (nSPS) is 9.90. The minimum absolute atomic E-state index is 0.00480. The van der Waals surface area contributed by atoms with Gasteiger partial charge < -0.3 is 20.7 Å². The van der Waals surface area contributed by atoms with Crippen LogP contribution in [-0.2, 0) is 9.53 Å². The number of carbonyl (C=O) groups is 2. The fourth-order valence-corrected chi connectivity index (χ4v) is 1.56. The first-order valence-corrected chi connectivity index (χ1v) is 6.59. The molecule has 0 aliphatic carbocycles. The maximum atomic E-state index is 11.6. The number of methoxy groups -OCH3 is 1. The van der Waals surface area contributed by atoms with Gasteiger partial charge in [0.1, 0.15) is 6.61 Å². The number of urea groups is 1. The zero-order chi connectivity index (χ0) is 14.8. The highest BCUT2D eigenvalue weighted by atomic mass is 16.5. The van der Waals surface area contributed by atoms with Crippen molar-refractivity contribution in [2.45, 2.75) is 19.8 Å². The first-order chi connectivity index (χ1) is 9.65. The molecular formula is C14H21N3O3. The summed E-state index contributed by atoms with van der Waals surface area (Å²) in [4.78, 5) is 23.0. The van der Waals surface area contributed by atoms with Crippen molar-refractivity contribution in [1.29, 1.82) is 0 Å². The molecule has 1 rings (SSSR count). The van der Waals surface area contributed by atoms with Crippen molar-refractivity contribution in [2.24, 2.45) is 0 Å². The molecule has 0 atom stereocenters. The van der Waals surface area contributed by atoms with Gasteiger partial charge in [-0.15, -0.1) is 0 Å². The summed E-state index contributed by atoms with van der Waals surface area (Å²) in [5, 5.41) is 8.14. The van der Waals surface area contributed by atoms with Crippen molar-refractivity contribution >= 4 is 23.3 Å². The van der Waals surface area contributed by atoms with Crippen LogP contribution in [0.25, 0.3) is 0 Å². The Labute approximate surface area is 118 Å². The Kier molecular flexibility index (Phi) is 7.13. The molecule has 0 heterocycles. The standard InChI is InChI=1S/C14H21N3O3/c1-3-4-8-15-14(19)17-12-7-5-6-11(9-12)16-13(18)10-20-2/h5-7,9H,3-4,8,10H2,1-2H3,(H,16,18)(H2,15,17,19). The van der Waals surface area contributed by atoms with E-state index in [-0.39, 0.29) is 18.5 Å². The Hall–Kier alpha value is -2.08. The van der Waals surface area contributed by atoms with Crippen molar-refractivity contribution < 1.29 is 14.3 Å². The number of benzene rings is 1. The van der Waals surface area contributed by atoms with Crippen LogP contribution < -0.4 is 16.0 Å². The Morgan fingerprint density at radius 3 is 2.55 bits per heavy atom. The smallest absolute Gasteiger partial charge is 0.319 e. The van der Waals surface area contributed by atoms with Gasteiger partial charge in [0.15, 0.2) is 0 Å². The van der Waals surface area contributed by atoms with Crippen molar-refractivity contribution in [3.8, 4) is 0 Å². The zero-order valence-electron chi connectivity index (χ0n) is 11.9. The lowest BCUT2D eigenvalue weighted by atomic mass is 10.2.